The van der Waals surface area contributed by atoms with Crippen LogP contribution in [0.4, 0.5) is 0 Å². The van der Waals surface area contributed by atoms with Crippen LogP contribution >= 0.6 is 0 Å². The fourth-order valence-corrected chi connectivity index (χ4v) is 1.92. The minimum atomic E-state index is -0.115. The molecule has 1 aromatic heterocycles. The highest BCUT2D eigenvalue weighted by molar-refractivity contribution is 5.64. The van der Waals surface area contributed by atoms with Gasteiger partial charge in [-0.2, -0.15) is 0 Å². The second kappa shape index (κ2) is 4.58. The smallest absolute Gasteiger partial charge is 0.113 e. The molecule has 0 aliphatic heterocycles. The molecule has 3 nitrogen and oxygen atoms in total. The second-order valence-corrected chi connectivity index (χ2v) is 5.55. The summed E-state index contributed by atoms with van der Waals surface area (Å²) in [6.07, 6.45) is 1.90. The van der Waals surface area contributed by atoms with Gasteiger partial charge in [0.05, 0.1) is 11.9 Å². The third-order valence-electron chi connectivity index (χ3n) is 3.41. The van der Waals surface area contributed by atoms with E-state index >= 15 is 0 Å². The highest BCUT2D eigenvalue weighted by Gasteiger charge is 2.22. The van der Waals surface area contributed by atoms with Gasteiger partial charge in [-0.3, -0.25) is 0 Å². The zero-order valence-electron chi connectivity index (χ0n) is 11.5. The van der Waals surface area contributed by atoms with Crippen LogP contribution in [0.2, 0.25) is 0 Å². The quantitative estimate of drug-likeness (QED) is 0.870. The number of aromatic amines is 1. The summed E-state index contributed by atoms with van der Waals surface area (Å²) >= 11 is 0. The maximum absolute atomic E-state index is 5.78. The van der Waals surface area contributed by atoms with E-state index in [4.69, 9.17) is 5.73 Å². The maximum Gasteiger partial charge on any atom is 0.113 e. The van der Waals surface area contributed by atoms with Gasteiger partial charge in [0.1, 0.15) is 5.82 Å². The van der Waals surface area contributed by atoms with Crippen molar-refractivity contribution < 1.29 is 0 Å². The molecule has 3 N–H and O–H groups in total. The van der Waals surface area contributed by atoms with E-state index in [1.807, 2.05) is 6.20 Å². The zero-order chi connectivity index (χ0) is 13.3. The first kappa shape index (κ1) is 12.8. The number of hydrogen-bond acceptors (Lipinski definition) is 2. The minimum Gasteiger partial charge on any atom is -0.342 e. The number of nitrogens with one attached hydrogen (secondary N) is 1. The molecule has 3 heteroatoms. The van der Waals surface area contributed by atoms with Crippen molar-refractivity contribution in [2.45, 2.75) is 33.1 Å². The predicted octanol–water partition coefficient (Wildman–Crippen LogP) is 2.93. The third-order valence-corrected chi connectivity index (χ3v) is 3.41. The average Bonchev–Trinajstić information content (AvgIpc) is 2.82. The molecule has 0 aliphatic carbocycles. The Morgan fingerprint density at radius 3 is 2.67 bits per heavy atom. The van der Waals surface area contributed by atoms with E-state index in [0.29, 0.717) is 6.54 Å². The van der Waals surface area contributed by atoms with Crippen molar-refractivity contribution in [1.29, 1.82) is 0 Å². The van der Waals surface area contributed by atoms with E-state index in [1.54, 1.807) is 0 Å². The Labute approximate surface area is 108 Å². The van der Waals surface area contributed by atoms with Gasteiger partial charge < -0.3 is 10.7 Å². The average molecular weight is 243 g/mol. The first-order valence-corrected chi connectivity index (χ1v) is 6.27. The molecular formula is C15H21N3. The Kier molecular flexibility index (Phi) is 3.26. The van der Waals surface area contributed by atoms with E-state index in [9.17, 15) is 0 Å². The number of imidazole rings is 1. The molecule has 0 unspecified atom stereocenters. The molecule has 1 aromatic carbocycles. The van der Waals surface area contributed by atoms with Crippen molar-refractivity contribution in [3.05, 3.63) is 41.3 Å². The lowest BCUT2D eigenvalue weighted by Crippen LogP contribution is -2.29. The molecule has 96 valence electrons. The van der Waals surface area contributed by atoms with E-state index in [1.165, 1.54) is 16.7 Å². The van der Waals surface area contributed by atoms with Crippen molar-refractivity contribution in [2.75, 3.05) is 6.54 Å². The molecule has 2 aromatic rings. The van der Waals surface area contributed by atoms with E-state index in [0.717, 1.165) is 11.5 Å². The number of hydrogen-bond donors (Lipinski definition) is 2. The van der Waals surface area contributed by atoms with Crippen LogP contribution in [-0.2, 0) is 5.41 Å². The summed E-state index contributed by atoms with van der Waals surface area (Å²) in [5.41, 5.74) is 10.4. The SMILES string of the molecule is Cc1ccc(C)c(-c2cnc(C(C)(C)CN)[nH]2)c1. The number of nitrogens with two attached hydrogens (primary N) is 1. The van der Waals surface area contributed by atoms with Gasteiger partial charge in [-0.15, -0.1) is 0 Å². The lowest BCUT2D eigenvalue weighted by atomic mass is 9.93. The monoisotopic (exact) mass is 243 g/mol. The molecule has 2 rings (SSSR count). The summed E-state index contributed by atoms with van der Waals surface area (Å²) in [5.74, 6) is 0.945. The van der Waals surface area contributed by atoms with Crippen molar-refractivity contribution >= 4 is 0 Å². The topological polar surface area (TPSA) is 54.7 Å². The number of nitrogens with zero attached hydrogens (tertiary/aromatic N) is 1. The number of aromatic nitrogens is 2. The molecule has 0 saturated carbocycles. The van der Waals surface area contributed by atoms with Crippen molar-refractivity contribution in [3.8, 4) is 11.3 Å². The van der Waals surface area contributed by atoms with E-state index < -0.39 is 0 Å². The summed E-state index contributed by atoms with van der Waals surface area (Å²) in [6, 6.07) is 6.45. The Hall–Kier alpha value is -1.61. The Balaban J connectivity index is 2.44. The van der Waals surface area contributed by atoms with Crippen LogP contribution in [-0.4, -0.2) is 16.5 Å². The number of H-pyrrole nitrogens is 1. The lowest BCUT2D eigenvalue weighted by Gasteiger charge is -2.19. The van der Waals surface area contributed by atoms with Crippen LogP contribution in [0.5, 0.6) is 0 Å². The predicted molar refractivity (Wildman–Crippen MR) is 75.6 cm³/mol. The Morgan fingerprint density at radius 2 is 2.00 bits per heavy atom. The molecule has 0 saturated heterocycles. The zero-order valence-corrected chi connectivity index (χ0v) is 11.5. The first-order valence-electron chi connectivity index (χ1n) is 6.27. The summed E-state index contributed by atoms with van der Waals surface area (Å²) in [5, 5.41) is 0. The van der Waals surface area contributed by atoms with Gasteiger partial charge in [-0.1, -0.05) is 31.5 Å². The molecule has 0 fully saturated rings. The fourth-order valence-electron chi connectivity index (χ4n) is 1.92. The van der Waals surface area contributed by atoms with Gasteiger partial charge in [0.25, 0.3) is 0 Å². The summed E-state index contributed by atoms with van der Waals surface area (Å²) in [7, 11) is 0. The van der Waals surface area contributed by atoms with Crippen LogP contribution in [0.3, 0.4) is 0 Å². The van der Waals surface area contributed by atoms with Crippen LogP contribution in [0.25, 0.3) is 11.3 Å². The molecular weight excluding hydrogens is 222 g/mol. The summed E-state index contributed by atoms with van der Waals surface area (Å²) in [4.78, 5) is 7.87. The van der Waals surface area contributed by atoms with Crippen LogP contribution in [0, 0.1) is 13.8 Å². The van der Waals surface area contributed by atoms with Gasteiger partial charge >= 0.3 is 0 Å². The van der Waals surface area contributed by atoms with Crippen molar-refractivity contribution in [1.82, 2.24) is 9.97 Å². The molecule has 0 amide bonds. The molecule has 1 heterocycles. The van der Waals surface area contributed by atoms with E-state index in [-0.39, 0.29) is 5.41 Å². The van der Waals surface area contributed by atoms with E-state index in [2.05, 4.69) is 55.9 Å². The number of rotatable bonds is 3. The summed E-state index contributed by atoms with van der Waals surface area (Å²) in [6.45, 7) is 8.98. The maximum atomic E-state index is 5.78. The molecule has 0 atom stereocenters. The second-order valence-electron chi connectivity index (χ2n) is 5.55. The largest absolute Gasteiger partial charge is 0.342 e. The number of aryl methyl sites for hydroxylation is 2. The van der Waals surface area contributed by atoms with Crippen LogP contribution in [0.1, 0.15) is 30.8 Å². The van der Waals surface area contributed by atoms with Gasteiger partial charge in [-0.25, -0.2) is 4.98 Å². The number of benzene rings is 1. The van der Waals surface area contributed by atoms with Crippen molar-refractivity contribution in [3.63, 3.8) is 0 Å². The summed E-state index contributed by atoms with van der Waals surface area (Å²) < 4.78 is 0. The Morgan fingerprint density at radius 1 is 1.28 bits per heavy atom. The minimum absolute atomic E-state index is 0.115. The highest BCUT2D eigenvalue weighted by Crippen LogP contribution is 2.26. The molecule has 0 spiro atoms. The van der Waals surface area contributed by atoms with Gasteiger partial charge in [0.2, 0.25) is 0 Å². The normalized spacial score (nSPS) is 11.8. The first-order chi connectivity index (χ1) is 8.44. The molecule has 0 radical (unpaired) electrons. The van der Waals surface area contributed by atoms with Gasteiger partial charge in [-0.05, 0) is 25.5 Å². The van der Waals surface area contributed by atoms with Gasteiger partial charge in [0, 0.05) is 17.5 Å². The highest BCUT2D eigenvalue weighted by atomic mass is 14.9. The molecule has 0 aliphatic rings. The van der Waals surface area contributed by atoms with Crippen LogP contribution < -0.4 is 5.73 Å². The Bertz CT molecular complexity index is 553. The fraction of sp³-hybridized carbons (Fsp3) is 0.400. The standard InChI is InChI=1S/C15H21N3/c1-10-5-6-11(2)12(7-10)13-8-17-14(18-13)15(3,4)9-16/h5-8H,9,16H2,1-4H3,(H,17,18). The van der Waals surface area contributed by atoms with Crippen LogP contribution in [0.15, 0.2) is 24.4 Å². The lowest BCUT2D eigenvalue weighted by molar-refractivity contribution is 0.508. The molecule has 0 bridgehead atoms. The van der Waals surface area contributed by atoms with Gasteiger partial charge in [0.15, 0.2) is 0 Å². The van der Waals surface area contributed by atoms with Crippen molar-refractivity contribution in [2.24, 2.45) is 5.73 Å². The third kappa shape index (κ3) is 2.31. The molecule has 18 heavy (non-hydrogen) atoms.